The Kier molecular flexibility index (Phi) is 4.47. The Morgan fingerprint density at radius 2 is 1.96 bits per heavy atom. The fourth-order valence-corrected chi connectivity index (χ4v) is 3.93. The van der Waals surface area contributed by atoms with Crippen LogP contribution in [0.25, 0.3) is 16.7 Å². The Morgan fingerprint density at radius 3 is 2.73 bits per heavy atom. The van der Waals surface area contributed by atoms with Gasteiger partial charge in [0.05, 0.1) is 17.0 Å². The van der Waals surface area contributed by atoms with E-state index in [0.29, 0.717) is 0 Å². The molecule has 5 nitrogen and oxygen atoms in total. The third kappa shape index (κ3) is 3.10. The SMILES string of the molecule is C[C@@H]1[C@H](C(=O)O)CCCN1Cc1ccc(-n2cnc3ccccc32)cc1. The van der Waals surface area contributed by atoms with Crippen molar-refractivity contribution in [3.8, 4) is 5.69 Å². The molecule has 1 aliphatic heterocycles. The van der Waals surface area contributed by atoms with Crippen molar-refractivity contribution in [1.29, 1.82) is 0 Å². The first-order chi connectivity index (χ1) is 12.6. The summed E-state index contributed by atoms with van der Waals surface area (Å²) in [7, 11) is 0. The molecule has 134 valence electrons. The average Bonchev–Trinajstić information content (AvgIpc) is 3.08. The van der Waals surface area contributed by atoms with Crippen molar-refractivity contribution in [2.45, 2.75) is 32.4 Å². The molecule has 2 atom stereocenters. The molecule has 3 aromatic rings. The Balaban J connectivity index is 1.52. The normalized spacial score (nSPS) is 21.1. The zero-order valence-corrected chi connectivity index (χ0v) is 14.9. The number of carboxylic acids is 1. The lowest BCUT2D eigenvalue weighted by Crippen LogP contribution is -2.45. The summed E-state index contributed by atoms with van der Waals surface area (Å²) in [5.41, 5.74) is 4.36. The van der Waals surface area contributed by atoms with Crippen molar-refractivity contribution >= 4 is 17.0 Å². The highest BCUT2D eigenvalue weighted by molar-refractivity contribution is 5.77. The molecule has 1 N–H and O–H groups in total. The van der Waals surface area contributed by atoms with E-state index in [4.69, 9.17) is 0 Å². The zero-order valence-electron chi connectivity index (χ0n) is 14.9. The molecular weight excluding hydrogens is 326 g/mol. The van der Waals surface area contributed by atoms with Gasteiger partial charge < -0.3 is 5.11 Å². The van der Waals surface area contributed by atoms with E-state index in [1.807, 2.05) is 31.5 Å². The van der Waals surface area contributed by atoms with Gasteiger partial charge in [-0.3, -0.25) is 14.3 Å². The fraction of sp³-hybridized carbons (Fsp3) is 0.333. The first kappa shape index (κ1) is 16.8. The Morgan fingerprint density at radius 1 is 1.19 bits per heavy atom. The molecular formula is C21H23N3O2. The first-order valence-electron chi connectivity index (χ1n) is 9.12. The van der Waals surface area contributed by atoms with Gasteiger partial charge in [-0.05, 0) is 56.1 Å². The standard InChI is InChI=1S/C21H23N3O2/c1-15-18(21(25)26)5-4-12-23(15)13-16-8-10-17(11-9-16)24-14-22-19-6-2-3-7-20(19)24/h2-3,6-11,14-15,18H,4-5,12-13H2,1H3,(H,25,26)/t15-,18-/m1/s1. The van der Waals surface area contributed by atoms with Crippen LogP contribution < -0.4 is 0 Å². The molecule has 1 saturated heterocycles. The molecule has 0 spiro atoms. The summed E-state index contributed by atoms with van der Waals surface area (Å²) >= 11 is 0. The summed E-state index contributed by atoms with van der Waals surface area (Å²) in [6.07, 6.45) is 3.57. The highest BCUT2D eigenvalue weighted by atomic mass is 16.4. The van der Waals surface area contributed by atoms with E-state index in [-0.39, 0.29) is 12.0 Å². The minimum atomic E-state index is -0.676. The molecule has 1 aliphatic rings. The van der Waals surface area contributed by atoms with Gasteiger partial charge in [0.1, 0.15) is 6.33 Å². The Bertz CT molecular complexity index is 916. The number of piperidine rings is 1. The molecule has 5 heteroatoms. The van der Waals surface area contributed by atoms with Crippen LogP contribution in [0.15, 0.2) is 54.9 Å². The molecule has 2 heterocycles. The summed E-state index contributed by atoms with van der Waals surface area (Å²) in [4.78, 5) is 18.1. The fourth-order valence-electron chi connectivity index (χ4n) is 3.93. The second-order valence-corrected chi connectivity index (χ2v) is 7.07. The highest BCUT2D eigenvalue weighted by Crippen LogP contribution is 2.26. The lowest BCUT2D eigenvalue weighted by molar-refractivity contribution is -0.145. The van der Waals surface area contributed by atoms with Gasteiger partial charge in [-0.2, -0.15) is 0 Å². The summed E-state index contributed by atoms with van der Waals surface area (Å²) < 4.78 is 2.09. The number of rotatable bonds is 4. The van der Waals surface area contributed by atoms with Gasteiger partial charge in [-0.1, -0.05) is 24.3 Å². The lowest BCUT2D eigenvalue weighted by Gasteiger charge is -2.37. The van der Waals surface area contributed by atoms with E-state index in [1.165, 1.54) is 5.56 Å². The molecule has 26 heavy (non-hydrogen) atoms. The number of benzene rings is 2. The third-order valence-electron chi connectivity index (χ3n) is 5.49. The van der Waals surface area contributed by atoms with E-state index < -0.39 is 5.97 Å². The number of fused-ring (bicyclic) bond motifs is 1. The second-order valence-electron chi connectivity index (χ2n) is 7.07. The second kappa shape index (κ2) is 6.92. The van der Waals surface area contributed by atoms with Crippen LogP contribution >= 0.6 is 0 Å². The minimum Gasteiger partial charge on any atom is -0.481 e. The van der Waals surface area contributed by atoms with Crippen molar-refractivity contribution in [3.05, 3.63) is 60.4 Å². The quantitative estimate of drug-likeness (QED) is 0.780. The molecule has 0 aliphatic carbocycles. The topological polar surface area (TPSA) is 58.4 Å². The number of imidazole rings is 1. The maximum atomic E-state index is 11.4. The Hall–Kier alpha value is -2.66. The zero-order chi connectivity index (χ0) is 18.1. The van der Waals surface area contributed by atoms with Gasteiger partial charge in [0.2, 0.25) is 0 Å². The van der Waals surface area contributed by atoms with Crippen LogP contribution in [0.5, 0.6) is 0 Å². The number of carboxylic acid groups (broad SMARTS) is 1. The van der Waals surface area contributed by atoms with Crippen LogP contribution in [0.2, 0.25) is 0 Å². The lowest BCUT2D eigenvalue weighted by atomic mass is 9.90. The van der Waals surface area contributed by atoms with Crippen LogP contribution in [0.3, 0.4) is 0 Å². The van der Waals surface area contributed by atoms with Crippen molar-refractivity contribution in [2.75, 3.05) is 6.54 Å². The average molecular weight is 349 g/mol. The summed E-state index contributed by atoms with van der Waals surface area (Å²) in [6.45, 7) is 3.78. The first-order valence-corrected chi connectivity index (χ1v) is 9.12. The van der Waals surface area contributed by atoms with Gasteiger partial charge in [-0.15, -0.1) is 0 Å². The van der Waals surface area contributed by atoms with Crippen LogP contribution in [-0.2, 0) is 11.3 Å². The van der Waals surface area contributed by atoms with Gasteiger partial charge >= 0.3 is 5.97 Å². The van der Waals surface area contributed by atoms with E-state index in [1.54, 1.807) is 0 Å². The van der Waals surface area contributed by atoms with Crippen molar-refractivity contribution < 1.29 is 9.90 Å². The molecule has 0 unspecified atom stereocenters. The van der Waals surface area contributed by atoms with E-state index in [0.717, 1.165) is 42.7 Å². The number of aliphatic carboxylic acids is 1. The number of hydrogen-bond donors (Lipinski definition) is 1. The summed E-state index contributed by atoms with van der Waals surface area (Å²) in [5.74, 6) is -0.940. The van der Waals surface area contributed by atoms with Gasteiger partial charge in [-0.25, -0.2) is 4.98 Å². The molecule has 0 radical (unpaired) electrons. The van der Waals surface area contributed by atoms with Gasteiger partial charge in [0.25, 0.3) is 0 Å². The Labute approximate surface area is 152 Å². The van der Waals surface area contributed by atoms with E-state index in [9.17, 15) is 9.90 Å². The maximum Gasteiger partial charge on any atom is 0.308 e. The van der Waals surface area contributed by atoms with Crippen LogP contribution in [0.1, 0.15) is 25.3 Å². The molecule has 1 aromatic heterocycles. The van der Waals surface area contributed by atoms with Crippen LogP contribution in [-0.4, -0.2) is 38.1 Å². The largest absolute Gasteiger partial charge is 0.481 e. The molecule has 0 saturated carbocycles. The van der Waals surface area contributed by atoms with Gasteiger partial charge in [0.15, 0.2) is 0 Å². The molecule has 4 rings (SSSR count). The summed E-state index contributed by atoms with van der Waals surface area (Å²) in [5, 5.41) is 9.39. The number of hydrogen-bond acceptors (Lipinski definition) is 3. The van der Waals surface area contributed by atoms with Crippen molar-refractivity contribution in [2.24, 2.45) is 5.92 Å². The molecule has 0 amide bonds. The maximum absolute atomic E-state index is 11.4. The molecule has 2 aromatic carbocycles. The smallest absolute Gasteiger partial charge is 0.308 e. The van der Waals surface area contributed by atoms with Crippen LogP contribution in [0, 0.1) is 5.92 Å². The van der Waals surface area contributed by atoms with E-state index >= 15 is 0 Å². The number of carbonyl (C=O) groups is 1. The third-order valence-corrected chi connectivity index (χ3v) is 5.49. The predicted molar refractivity (Wildman–Crippen MR) is 101 cm³/mol. The molecule has 0 bridgehead atoms. The van der Waals surface area contributed by atoms with Crippen LogP contribution in [0.4, 0.5) is 0 Å². The summed E-state index contributed by atoms with van der Waals surface area (Å²) in [6, 6.07) is 16.6. The van der Waals surface area contributed by atoms with E-state index in [2.05, 4.69) is 44.8 Å². The monoisotopic (exact) mass is 349 g/mol. The van der Waals surface area contributed by atoms with Crippen molar-refractivity contribution in [3.63, 3.8) is 0 Å². The highest BCUT2D eigenvalue weighted by Gasteiger charge is 2.32. The number of nitrogens with zero attached hydrogens (tertiary/aromatic N) is 3. The minimum absolute atomic E-state index is 0.0681. The number of para-hydroxylation sites is 2. The number of likely N-dealkylation sites (tertiary alicyclic amines) is 1. The molecule has 1 fully saturated rings. The van der Waals surface area contributed by atoms with Crippen molar-refractivity contribution in [1.82, 2.24) is 14.5 Å². The predicted octanol–water partition coefficient (Wildman–Crippen LogP) is 3.71. The number of aromatic nitrogens is 2. The van der Waals surface area contributed by atoms with Gasteiger partial charge in [0, 0.05) is 18.3 Å².